The average Bonchev–Trinajstić information content (AvgIpc) is 3.19. The van der Waals surface area contributed by atoms with Gasteiger partial charge >= 0.3 is 0 Å². The standard InChI is InChI=1S/C15H20N2O3/c1-10(12-3-2-4-13(9-12)17(18)19)16-14-7-8-20-15(14)11-5-6-11/h2-4,9-11,14-16H,5-8H2,1H3. The monoisotopic (exact) mass is 276 g/mol. The number of rotatable bonds is 5. The minimum atomic E-state index is -0.345. The van der Waals surface area contributed by atoms with Gasteiger partial charge in [-0.05, 0) is 37.7 Å². The third-order valence-electron chi connectivity index (χ3n) is 4.27. The van der Waals surface area contributed by atoms with E-state index < -0.39 is 0 Å². The predicted octanol–water partition coefficient (Wildman–Crippen LogP) is 2.81. The summed E-state index contributed by atoms with van der Waals surface area (Å²) in [5.74, 6) is 0.715. The summed E-state index contributed by atoms with van der Waals surface area (Å²) in [7, 11) is 0. The van der Waals surface area contributed by atoms with Crippen LogP contribution in [0.4, 0.5) is 5.69 Å². The van der Waals surface area contributed by atoms with E-state index in [0.29, 0.717) is 18.1 Å². The van der Waals surface area contributed by atoms with Gasteiger partial charge in [0.25, 0.3) is 5.69 Å². The molecule has 20 heavy (non-hydrogen) atoms. The van der Waals surface area contributed by atoms with Crippen molar-refractivity contribution in [2.75, 3.05) is 6.61 Å². The van der Waals surface area contributed by atoms with E-state index in [4.69, 9.17) is 4.74 Å². The Kier molecular flexibility index (Phi) is 3.72. The molecule has 0 radical (unpaired) electrons. The Hall–Kier alpha value is -1.46. The molecule has 1 aliphatic heterocycles. The maximum absolute atomic E-state index is 10.8. The van der Waals surface area contributed by atoms with E-state index in [-0.39, 0.29) is 16.7 Å². The smallest absolute Gasteiger partial charge is 0.269 e. The first-order valence-electron chi connectivity index (χ1n) is 7.27. The molecule has 1 heterocycles. The number of benzene rings is 1. The first-order chi connectivity index (χ1) is 9.65. The molecule has 108 valence electrons. The largest absolute Gasteiger partial charge is 0.376 e. The summed E-state index contributed by atoms with van der Waals surface area (Å²) >= 11 is 0. The van der Waals surface area contributed by atoms with E-state index in [1.807, 2.05) is 6.07 Å². The van der Waals surface area contributed by atoms with Crippen LogP contribution in [-0.4, -0.2) is 23.7 Å². The van der Waals surface area contributed by atoms with Crippen LogP contribution in [0.15, 0.2) is 24.3 Å². The van der Waals surface area contributed by atoms with Gasteiger partial charge in [-0.25, -0.2) is 0 Å². The first kappa shape index (κ1) is 13.5. The zero-order valence-corrected chi connectivity index (χ0v) is 11.6. The van der Waals surface area contributed by atoms with Crippen molar-refractivity contribution in [3.05, 3.63) is 39.9 Å². The number of nitrogens with zero attached hydrogens (tertiary/aromatic N) is 1. The second kappa shape index (κ2) is 5.50. The lowest BCUT2D eigenvalue weighted by molar-refractivity contribution is -0.384. The minimum Gasteiger partial charge on any atom is -0.376 e. The van der Waals surface area contributed by atoms with E-state index in [0.717, 1.165) is 18.6 Å². The quantitative estimate of drug-likeness (QED) is 0.663. The third kappa shape index (κ3) is 2.83. The first-order valence-corrected chi connectivity index (χ1v) is 7.27. The maximum atomic E-state index is 10.8. The number of hydrogen-bond acceptors (Lipinski definition) is 4. The van der Waals surface area contributed by atoms with Crippen LogP contribution in [0.5, 0.6) is 0 Å². The molecule has 0 aromatic heterocycles. The van der Waals surface area contributed by atoms with Crippen LogP contribution in [0.25, 0.3) is 0 Å². The molecule has 1 N–H and O–H groups in total. The fourth-order valence-corrected chi connectivity index (χ4v) is 3.00. The van der Waals surface area contributed by atoms with Crippen LogP contribution in [0.3, 0.4) is 0 Å². The number of non-ortho nitro benzene ring substituents is 1. The summed E-state index contributed by atoms with van der Waals surface area (Å²) in [4.78, 5) is 10.5. The molecule has 0 bridgehead atoms. The number of ether oxygens (including phenoxy) is 1. The molecular weight excluding hydrogens is 256 g/mol. The van der Waals surface area contributed by atoms with Crippen molar-refractivity contribution in [2.24, 2.45) is 5.92 Å². The minimum absolute atomic E-state index is 0.0999. The van der Waals surface area contributed by atoms with E-state index in [1.165, 1.54) is 18.9 Å². The molecule has 2 aliphatic rings. The van der Waals surface area contributed by atoms with Gasteiger partial charge in [-0.1, -0.05) is 12.1 Å². The van der Waals surface area contributed by atoms with Gasteiger partial charge in [0, 0.05) is 30.8 Å². The third-order valence-corrected chi connectivity index (χ3v) is 4.27. The van der Waals surface area contributed by atoms with Gasteiger partial charge in [0.05, 0.1) is 11.0 Å². The summed E-state index contributed by atoms with van der Waals surface area (Å²) in [6.07, 6.45) is 3.90. The van der Waals surface area contributed by atoms with Crippen molar-refractivity contribution in [3.63, 3.8) is 0 Å². The molecule has 1 aromatic rings. The molecule has 1 saturated carbocycles. The van der Waals surface area contributed by atoms with Gasteiger partial charge in [-0.2, -0.15) is 0 Å². The highest BCUT2D eigenvalue weighted by Gasteiger charge is 2.40. The van der Waals surface area contributed by atoms with Crippen LogP contribution < -0.4 is 5.32 Å². The lowest BCUT2D eigenvalue weighted by Gasteiger charge is -2.24. The summed E-state index contributed by atoms with van der Waals surface area (Å²) in [5.41, 5.74) is 1.11. The summed E-state index contributed by atoms with van der Waals surface area (Å²) in [6, 6.07) is 7.34. The molecule has 1 aliphatic carbocycles. The summed E-state index contributed by atoms with van der Waals surface area (Å²) in [5, 5.41) is 14.4. The topological polar surface area (TPSA) is 64.4 Å². The molecule has 0 amide bonds. The van der Waals surface area contributed by atoms with E-state index >= 15 is 0 Å². The zero-order valence-electron chi connectivity index (χ0n) is 11.6. The Labute approximate surface area is 118 Å². The molecule has 3 rings (SSSR count). The highest BCUT2D eigenvalue weighted by molar-refractivity contribution is 5.35. The molecule has 5 nitrogen and oxygen atoms in total. The van der Waals surface area contributed by atoms with Gasteiger partial charge in [0.15, 0.2) is 0 Å². The number of hydrogen-bond donors (Lipinski definition) is 1. The van der Waals surface area contributed by atoms with Crippen LogP contribution in [0.2, 0.25) is 0 Å². The highest BCUT2D eigenvalue weighted by atomic mass is 16.6. The fraction of sp³-hybridized carbons (Fsp3) is 0.600. The fourth-order valence-electron chi connectivity index (χ4n) is 3.00. The Morgan fingerprint density at radius 3 is 2.90 bits per heavy atom. The van der Waals surface area contributed by atoms with Crippen molar-refractivity contribution >= 4 is 5.69 Å². The van der Waals surface area contributed by atoms with Gasteiger partial charge in [-0.15, -0.1) is 0 Å². The van der Waals surface area contributed by atoms with Gasteiger partial charge < -0.3 is 10.1 Å². The summed E-state index contributed by atoms with van der Waals surface area (Å²) < 4.78 is 5.82. The Balaban J connectivity index is 1.67. The van der Waals surface area contributed by atoms with Crippen LogP contribution in [0.1, 0.15) is 37.8 Å². The van der Waals surface area contributed by atoms with Crippen LogP contribution in [-0.2, 0) is 4.74 Å². The van der Waals surface area contributed by atoms with Crippen molar-refractivity contribution in [2.45, 2.75) is 44.4 Å². The molecule has 3 atom stereocenters. The lowest BCUT2D eigenvalue weighted by Crippen LogP contribution is -2.39. The Morgan fingerprint density at radius 1 is 1.40 bits per heavy atom. The molecule has 2 fully saturated rings. The van der Waals surface area contributed by atoms with E-state index in [9.17, 15) is 10.1 Å². The number of nitro groups is 1. The van der Waals surface area contributed by atoms with Gasteiger partial charge in [-0.3, -0.25) is 10.1 Å². The molecule has 0 spiro atoms. The van der Waals surface area contributed by atoms with Crippen molar-refractivity contribution < 1.29 is 9.66 Å². The van der Waals surface area contributed by atoms with Crippen molar-refractivity contribution in [1.82, 2.24) is 5.32 Å². The molecule has 1 saturated heterocycles. The second-order valence-electron chi connectivity index (χ2n) is 5.81. The van der Waals surface area contributed by atoms with E-state index in [2.05, 4.69) is 12.2 Å². The molecule has 1 aromatic carbocycles. The SMILES string of the molecule is CC(NC1CCOC1C1CC1)c1cccc([N+](=O)[O-])c1. The number of nitro benzene ring substituents is 1. The molecule has 3 unspecified atom stereocenters. The molecule has 5 heteroatoms. The average molecular weight is 276 g/mol. The van der Waals surface area contributed by atoms with Crippen molar-refractivity contribution in [1.29, 1.82) is 0 Å². The van der Waals surface area contributed by atoms with E-state index in [1.54, 1.807) is 12.1 Å². The number of nitrogens with one attached hydrogen (secondary N) is 1. The van der Waals surface area contributed by atoms with Crippen molar-refractivity contribution in [3.8, 4) is 0 Å². The zero-order chi connectivity index (χ0) is 14.1. The normalized spacial score (nSPS) is 27.4. The molecular formula is C15H20N2O3. The predicted molar refractivity (Wildman–Crippen MR) is 75.5 cm³/mol. The Bertz CT molecular complexity index is 502. The van der Waals surface area contributed by atoms with Crippen LogP contribution in [0, 0.1) is 16.0 Å². The second-order valence-corrected chi connectivity index (χ2v) is 5.81. The Morgan fingerprint density at radius 2 is 2.20 bits per heavy atom. The lowest BCUT2D eigenvalue weighted by atomic mass is 10.0. The summed E-state index contributed by atoms with van der Waals surface area (Å²) in [6.45, 7) is 2.88. The van der Waals surface area contributed by atoms with Gasteiger partial charge in [0.2, 0.25) is 0 Å². The highest BCUT2D eigenvalue weighted by Crippen LogP contribution is 2.39. The van der Waals surface area contributed by atoms with Crippen LogP contribution >= 0.6 is 0 Å². The van der Waals surface area contributed by atoms with Gasteiger partial charge in [0.1, 0.15) is 0 Å². The maximum Gasteiger partial charge on any atom is 0.269 e.